The lowest BCUT2D eigenvalue weighted by atomic mass is 10.2. The molecule has 0 unspecified atom stereocenters. The van der Waals surface area contributed by atoms with E-state index in [4.69, 9.17) is 4.74 Å². The Morgan fingerprint density at radius 1 is 1.44 bits per heavy atom. The van der Waals surface area contributed by atoms with E-state index in [1.165, 1.54) is 0 Å². The minimum Gasteiger partial charge on any atom is -0.459 e. The quantitative estimate of drug-likeness (QED) is 0.719. The number of aromatic nitrogens is 3. The molecule has 0 N–H and O–H groups in total. The van der Waals surface area contributed by atoms with Gasteiger partial charge in [0.1, 0.15) is 5.52 Å². The van der Waals surface area contributed by atoms with E-state index in [0.717, 1.165) is 5.52 Å². The van der Waals surface area contributed by atoms with Crippen LogP contribution in [0.15, 0.2) is 18.2 Å². The number of ether oxygens (including phenoxy) is 1. The summed E-state index contributed by atoms with van der Waals surface area (Å²) in [6, 6.07) is 5.22. The number of nitrogens with zero attached hydrogens (tertiary/aromatic N) is 3. The third kappa shape index (κ3) is 1.88. The van der Waals surface area contributed by atoms with Gasteiger partial charge in [-0.25, -0.2) is 9.48 Å². The lowest BCUT2D eigenvalue weighted by Crippen LogP contribution is -2.11. The van der Waals surface area contributed by atoms with Crippen LogP contribution in [0.4, 0.5) is 0 Å². The van der Waals surface area contributed by atoms with Gasteiger partial charge in [-0.15, -0.1) is 5.10 Å². The molecule has 16 heavy (non-hydrogen) atoms. The maximum Gasteiger partial charge on any atom is 0.338 e. The SMILES string of the molecule is CC(C)OC(=O)c1ccc2c(c1)nnn2C. The van der Waals surface area contributed by atoms with Crippen molar-refractivity contribution in [3.05, 3.63) is 23.8 Å². The van der Waals surface area contributed by atoms with Crippen molar-refractivity contribution >= 4 is 17.0 Å². The molecule has 84 valence electrons. The molecule has 0 fully saturated rings. The molecule has 0 saturated carbocycles. The molecule has 0 amide bonds. The summed E-state index contributed by atoms with van der Waals surface area (Å²) in [5.41, 5.74) is 2.09. The highest BCUT2D eigenvalue weighted by Gasteiger charge is 2.11. The largest absolute Gasteiger partial charge is 0.459 e. The Balaban J connectivity index is 2.36. The molecule has 1 aromatic carbocycles. The minimum absolute atomic E-state index is 0.120. The van der Waals surface area contributed by atoms with Gasteiger partial charge >= 0.3 is 5.97 Å². The van der Waals surface area contributed by atoms with E-state index in [-0.39, 0.29) is 12.1 Å². The van der Waals surface area contributed by atoms with E-state index in [1.807, 2.05) is 19.9 Å². The van der Waals surface area contributed by atoms with Crippen LogP contribution in [0.5, 0.6) is 0 Å². The first-order valence-electron chi connectivity index (χ1n) is 5.08. The van der Waals surface area contributed by atoms with Crippen molar-refractivity contribution in [3.8, 4) is 0 Å². The second-order valence-electron chi connectivity index (χ2n) is 3.87. The fourth-order valence-corrected chi connectivity index (χ4v) is 1.45. The first-order chi connectivity index (χ1) is 7.58. The Kier molecular flexibility index (Phi) is 2.60. The van der Waals surface area contributed by atoms with Crippen molar-refractivity contribution < 1.29 is 9.53 Å². The highest BCUT2D eigenvalue weighted by Crippen LogP contribution is 2.13. The van der Waals surface area contributed by atoms with Gasteiger partial charge in [0.2, 0.25) is 0 Å². The minimum atomic E-state index is -0.331. The fraction of sp³-hybridized carbons (Fsp3) is 0.364. The second kappa shape index (κ2) is 3.92. The first-order valence-corrected chi connectivity index (χ1v) is 5.08. The van der Waals surface area contributed by atoms with Crippen LogP contribution in [-0.2, 0) is 11.8 Å². The fourth-order valence-electron chi connectivity index (χ4n) is 1.45. The van der Waals surface area contributed by atoms with Gasteiger partial charge in [0.25, 0.3) is 0 Å². The number of carbonyl (C=O) groups excluding carboxylic acids is 1. The third-order valence-corrected chi connectivity index (χ3v) is 2.19. The predicted molar refractivity (Wildman–Crippen MR) is 59.1 cm³/mol. The summed E-state index contributed by atoms with van der Waals surface area (Å²) in [5, 5.41) is 7.82. The number of hydrogen-bond acceptors (Lipinski definition) is 4. The van der Waals surface area contributed by atoms with Crippen molar-refractivity contribution in [2.24, 2.45) is 7.05 Å². The number of aryl methyl sites for hydroxylation is 1. The number of esters is 1. The van der Waals surface area contributed by atoms with E-state index >= 15 is 0 Å². The Hall–Kier alpha value is -1.91. The number of carbonyl (C=O) groups is 1. The van der Waals surface area contributed by atoms with Crippen LogP contribution in [0.3, 0.4) is 0 Å². The molecule has 0 spiro atoms. The molecule has 5 nitrogen and oxygen atoms in total. The molecule has 1 aromatic heterocycles. The maximum atomic E-state index is 11.6. The summed E-state index contributed by atoms with van der Waals surface area (Å²) in [6.45, 7) is 3.64. The molecule has 5 heteroatoms. The summed E-state index contributed by atoms with van der Waals surface area (Å²) < 4.78 is 6.76. The van der Waals surface area contributed by atoms with Crippen molar-refractivity contribution in [1.82, 2.24) is 15.0 Å². The molecule has 0 saturated heterocycles. The summed E-state index contributed by atoms with van der Waals surface area (Å²) >= 11 is 0. The van der Waals surface area contributed by atoms with E-state index < -0.39 is 0 Å². The van der Waals surface area contributed by atoms with Crippen LogP contribution in [0, 0.1) is 0 Å². The molecule has 0 radical (unpaired) electrons. The van der Waals surface area contributed by atoms with E-state index in [2.05, 4.69) is 10.3 Å². The highest BCUT2D eigenvalue weighted by molar-refractivity contribution is 5.93. The molecule has 1 heterocycles. The van der Waals surface area contributed by atoms with Crippen molar-refractivity contribution in [2.45, 2.75) is 20.0 Å². The Labute approximate surface area is 93.0 Å². The van der Waals surface area contributed by atoms with Gasteiger partial charge in [0.05, 0.1) is 17.2 Å². The van der Waals surface area contributed by atoms with Gasteiger partial charge in [-0.1, -0.05) is 5.21 Å². The summed E-state index contributed by atoms with van der Waals surface area (Å²) in [4.78, 5) is 11.6. The zero-order valence-corrected chi connectivity index (χ0v) is 9.47. The first kappa shape index (κ1) is 10.6. The molecule has 0 aliphatic carbocycles. The summed E-state index contributed by atoms with van der Waals surface area (Å²) in [7, 11) is 1.81. The average molecular weight is 219 g/mol. The molecule has 2 aromatic rings. The maximum absolute atomic E-state index is 11.6. The van der Waals surface area contributed by atoms with E-state index in [1.54, 1.807) is 23.9 Å². The van der Waals surface area contributed by atoms with Gasteiger partial charge in [-0.3, -0.25) is 0 Å². The zero-order valence-electron chi connectivity index (χ0n) is 9.47. The van der Waals surface area contributed by atoms with E-state index in [0.29, 0.717) is 11.1 Å². The smallest absolute Gasteiger partial charge is 0.338 e. The molecule has 2 rings (SSSR count). The van der Waals surface area contributed by atoms with Crippen molar-refractivity contribution in [2.75, 3.05) is 0 Å². The van der Waals surface area contributed by atoms with Crippen LogP contribution in [0.1, 0.15) is 24.2 Å². The topological polar surface area (TPSA) is 57.0 Å². The zero-order chi connectivity index (χ0) is 11.7. The standard InChI is InChI=1S/C11H13N3O2/c1-7(2)16-11(15)8-4-5-10-9(6-8)12-13-14(10)3/h4-7H,1-3H3. The Morgan fingerprint density at radius 2 is 2.19 bits per heavy atom. The molecule has 0 aliphatic rings. The van der Waals surface area contributed by atoms with Gasteiger partial charge in [-0.2, -0.15) is 0 Å². The van der Waals surface area contributed by atoms with Gasteiger partial charge < -0.3 is 4.74 Å². The van der Waals surface area contributed by atoms with Crippen molar-refractivity contribution in [1.29, 1.82) is 0 Å². The average Bonchev–Trinajstić information content (AvgIpc) is 2.59. The summed E-state index contributed by atoms with van der Waals surface area (Å²) in [6.07, 6.45) is -0.120. The summed E-state index contributed by atoms with van der Waals surface area (Å²) in [5.74, 6) is -0.331. The molecular formula is C11H13N3O2. The van der Waals surface area contributed by atoms with Gasteiger partial charge in [0, 0.05) is 7.05 Å². The third-order valence-electron chi connectivity index (χ3n) is 2.19. The van der Waals surface area contributed by atoms with Crippen LogP contribution in [-0.4, -0.2) is 27.1 Å². The predicted octanol–water partition coefficient (Wildman–Crippen LogP) is 1.53. The van der Waals surface area contributed by atoms with Crippen molar-refractivity contribution in [3.63, 3.8) is 0 Å². The molecular weight excluding hydrogens is 206 g/mol. The number of hydrogen-bond donors (Lipinski definition) is 0. The molecule has 0 atom stereocenters. The monoisotopic (exact) mass is 219 g/mol. The normalized spacial score (nSPS) is 11.0. The van der Waals surface area contributed by atoms with E-state index in [9.17, 15) is 4.79 Å². The lowest BCUT2D eigenvalue weighted by Gasteiger charge is -2.07. The van der Waals surface area contributed by atoms with Crippen LogP contribution < -0.4 is 0 Å². The molecule has 0 aliphatic heterocycles. The Bertz CT molecular complexity index is 531. The molecule has 0 bridgehead atoms. The Morgan fingerprint density at radius 3 is 2.88 bits per heavy atom. The van der Waals surface area contributed by atoms with Crippen LogP contribution >= 0.6 is 0 Å². The highest BCUT2D eigenvalue weighted by atomic mass is 16.5. The van der Waals surface area contributed by atoms with Crippen LogP contribution in [0.25, 0.3) is 11.0 Å². The second-order valence-corrected chi connectivity index (χ2v) is 3.87. The number of fused-ring (bicyclic) bond motifs is 1. The van der Waals surface area contributed by atoms with Gasteiger partial charge in [0.15, 0.2) is 0 Å². The van der Waals surface area contributed by atoms with Gasteiger partial charge in [-0.05, 0) is 32.0 Å². The number of benzene rings is 1. The number of rotatable bonds is 2. The lowest BCUT2D eigenvalue weighted by molar-refractivity contribution is 0.0378. The van der Waals surface area contributed by atoms with Crippen LogP contribution in [0.2, 0.25) is 0 Å².